The number of methoxy groups -OCH3 is 1. The van der Waals surface area contributed by atoms with Crippen LogP contribution in [0.3, 0.4) is 0 Å². The topological polar surface area (TPSA) is 67.0 Å². The van der Waals surface area contributed by atoms with Crippen molar-refractivity contribution >= 4 is 21.6 Å². The molecule has 3 atom stereocenters. The summed E-state index contributed by atoms with van der Waals surface area (Å²) in [6.45, 7) is 6.98. The van der Waals surface area contributed by atoms with Crippen molar-refractivity contribution in [1.29, 1.82) is 0 Å². The van der Waals surface area contributed by atoms with Crippen LogP contribution in [-0.2, 0) is 17.6 Å². The second kappa shape index (κ2) is 6.71. The standard InChI is InChI=1S/C17H25N3O2S/c1-9-5-6-12-13(7-9)23-17-14(12)16(21)19-15(20-17)11(3)18-10(2)8-22-4/h9-11,18H,5-8H2,1-4H3,(H,19,20,21)/t9-,10-,11+/m0/s1. The Bertz CT molecular complexity index is 752. The largest absolute Gasteiger partial charge is 0.383 e. The molecule has 0 bridgehead atoms. The number of aryl methyl sites for hydroxylation is 1. The van der Waals surface area contributed by atoms with Crippen molar-refractivity contribution in [1.82, 2.24) is 15.3 Å². The normalized spacial score (nSPS) is 20.4. The van der Waals surface area contributed by atoms with Crippen molar-refractivity contribution < 1.29 is 4.74 Å². The van der Waals surface area contributed by atoms with Crippen LogP contribution >= 0.6 is 11.3 Å². The molecule has 5 nitrogen and oxygen atoms in total. The fourth-order valence-electron chi connectivity index (χ4n) is 3.37. The van der Waals surface area contributed by atoms with Crippen molar-refractivity contribution in [2.24, 2.45) is 5.92 Å². The lowest BCUT2D eigenvalue weighted by molar-refractivity contribution is 0.167. The number of aromatic nitrogens is 2. The van der Waals surface area contributed by atoms with Crippen molar-refractivity contribution in [3.63, 3.8) is 0 Å². The highest BCUT2D eigenvalue weighted by Crippen LogP contribution is 2.35. The van der Waals surface area contributed by atoms with Crippen LogP contribution in [0.1, 0.15) is 49.5 Å². The maximum atomic E-state index is 12.6. The van der Waals surface area contributed by atoms with Gasteiger partial charge in [-0.1, -0.05) is 6.92 Å². The zero-order valence-electron chi connectivity index (χ0n) is 14.2. The van der Waals surface area contributed by atoms with Crippen molar-refractivity contribution in [2.75, 3.05) is 13.7 Å². The van der Waals surface area contributed by atoms with Crippen LogP contribution in [0.5, 0.6) is 0 Å². The van der Waals surface area contributed by atoms with E-state index >= 15 is 0 Å². The van der Waals surface area contributed by atoms with Gasteiger partial charge in [0.25, 0.3) is 5.56 Å². The van der Waals surface area contributed by atoms with Gasteiger partial charge in [0.2, 0.25) is 0 Å². The fourth-order valence-corrected chi connectivity index (χ4v) is 4.76. The molecule has 2 N–H and O–H groups in total. The predicted molar refractivity (Wildman–Crippen MR) is 94.3 cm³/mol. The highest BCUT2D eigenvalue weighted by molar-refractivity contribution is 7.18. The monoisotopic (exact) mass is 335 g/mol. The van der Waals surface area contributed by atoms with E-state index < -0.39 is 0 Å². The molecule has 0 aromatic carbocycles. The lowest BCUT2D eigenvalue weighted by Gasteiger charge is -2.19. The average molecular weight is 335 g/mol. The summed E-state index contributed by atoms with van der Waals surface area (Å²) in [5.74, 6) is 1.40. The quantitative estimate of drug-likeness (QED) is 0.882. The molecule has 23 heavy (non-hydrogen) atoms. The number of nitrogens with one attached hydrogen (secondary N) is 2. The third-order valence-corrected chi connectivity index (χ3v) is 5.69. The van der Waals surface area contributed by atoms with Gasteiger partial charge in [-0.25, -0.2) is 4.98 Å². The molecule has 0 amide bonds. The minimum absolute atomic E-state index is 0.00472. The Labute approximate surface area is 140 Å². The third-order valence-electron chi connectivity index (χ3n) is 4.55. The van der Waals surface area contributed by atoms with Gasteiger partial charge in [-0.3, -0.25) is 4.79 Å². The SMILES string of the molecule is COC[C@H](C)N[C@H](C)c1nc2sc3c(c2c(=O)[nH]1)CC[C@H](C)C3. The fraction of sp³-hybridized carbons (Fsp3) is 0.647. The molecule has 1 aliphatic carbocycles. The Morgan fingerprint density at radius 2 is 2.26 bits per heavy atom. The maximum absolute atomic E-state index is 12.6. The molecular weight excluding hydrogens is 310 g/mol. The summed E-state index contributed by atoms with van der Waals surface area (Å²) in [6, 6.07) is 0.184. The van der Waals surface area contributed by atoms with Crippen LogP contribution in [0.25, 0.3) is 10.2 Å². The lowest BCUT2D eigenvalue weighted by atomic mass is 9.89. The van der Waals surface area contributed by atoms with Gasteiger partial charge in [0, 0.05) is 18.0 Å². The highest BCUT2D eigenvalue weighted by atomic mass is 32.1. The van der Waals surface area contributed by atoms with E-state index in [2.05, 4.69) is 24.1 Å². The minimum Gasteiger partial charge on any atom is -0.383 e. The molecule has 0 saturated heterocycles. The molecule has 2 heterocycles. The second-order valence-electron chi connectivity index (χ2n) is 6.73. The number of fused-ring (bicyclic) bond motifs is 3. The average Bonchev–Trinajstić information content (AvgIpc) is 2.84. The van der Waals surface area contributed by atoms with E-state index in [1.54, 1.807) is 18.4 Å². The molecule has 2 aromatic heterocycles. The van der Waals surface area contributed by atoms with Crippen LogP contribution in [0.15, 0.2) is 4.79 Å². The number of ether oxygens (including phenoxy) is 1. The van der Waals surface area contributed by atoms with Crippen molar-refractivity contribution in [2.45, 2.75) is 52.1 Å². The Morgan fingerprint density at radius 1 is 1.48 bits per heavy atom. The van der Waals surface area contributed by atoms with Gasteiger partial charge in [-0.2, -0.15) is 0 Å². The molecule has 0 fully saturated rings. The molecule has 1 aliphatic rings. The first kappa shape index (κ1) is 16.6. The number of hydrogen-bond donors (Lipinski definition) is 2. The van der Waals surface area contributed by atoms with E-state index in [9.17, 15) is 4.79 Å². The molecule has 0 spiro atoms. The highest BCUT2D eigenvalue weighted by Gasteiger charge is 2.23. The number of aromatic amines is 1. The molecule has 3 rings (SSSR count). The predicted octanol–water partition coefficient (Wildman–Crippen LogP) is 2.79. The Balaban J connectivity index is 1.94. The van der Waals surface area contributed by atoms with Gasteiger partial charge < -0.3 is 15.0 Å². The van der Waals surface area contributed by atoms with Gasteiger partial charge in [0.1, 0.15) is 10.7 Å². The Hall–Kier alpha value is -1.24. The van der Waals surface area contributed by atoms with Crippen LogP contribution < -0.4 is 10.9 Å². The van der Waals surface area contributed by atoms with Gasteiger partial charge in [-0.15, -0.1) is 11.3 Å². The van der Waals surface area contributed by atoms with Crippen LogP contribution in [0.2, 0.25) is 0 Å². The molecule has 0 radical (unpaired) electrons. The first-order valence-corrected chi connectivity index (χ1v) is 9.10. The number of hydrogen-bond acceptors (Lipinski definition) is 5. The Morgan fingerprint density at radius 3 is 3.00 bits per heavy atom. The summed E-state index contributed by atoms with van der Waals surface area (Å²) in [6.07, 6.45) is 3.23. The van der Waals surface area contributed by atoms with E-state index in [1.165, 1.54) is 10.4 Å². The molecule has 6 heteroatoms. The summed E-state index contributed by atoms with van der Waals surface area (Å²) in [7, 11) is 1.69. The van der Waals surface area contributed by atoms with E-state index in [4.69, 9.17) is 9.72 Å². The molecule has 0 aliphatic heterocycles. The van der Waals surface area contributed by atoms with E-state index in [1.807, 2.05) is 6.92 Å². The smallest absolute Gasteiger partial charge is 0.259 e. The van der Waals surface area contributed by atoms with E-state index in [0.29, 0.717) is 18.3 Å². The summed E-state index contributed by atoms with van der Waals surface area (Å²) in [5, 5.41) is 4.22. The number of nitrogens with zero attached hydrogens (tertiary/aromatic N) is 1. The van der Waals surface area contributed by atoms with Gasteiger partial charge in [0.05, 0.1) is 18.0 Å². The summed E-state index contributed by atoms with van der Waals surface area (Å²) < 4.78 is 5.15. The summed E-state index contributed by atoms with van der Waals surface area (Å²) in [4.78, 5) is 22.5. The first-order chi connectivity index (χ1) is 11.0. The molecule has 0 saturated carbocycles. The first-order valence-electron chi connectivity index (χ1n) is 8.29. The number of H-pyrrole nitrogens is 1. The van der Waals surface area contributed by atoms with Crippen LogP contribution in [-0.4, -0.2) is 29.7 Å². The molecule has 126 valence electrons. The van der Waals surface area contributed by atoms with Gasteiger partial charge in [-0.05, 0) is 44.6 Å². The van der Waals surface area contributed by atoms with Crippen LogP contribution in [0.4, 0.5) is 0 Å². The number of rotatable bonds is 5. The molecular formula is C17H25N3O2S. The van der Waals surface area contributed by atoms with Crippen molar-refractivity contribution in [3.8, 4) is 0 Å². The van der Waals surface area contributed by atoms with Crippen molar-refractivity contribution in [3.05, 3.63) is 26.6 Å². The van der Waals surface area contributed by atoms with E-state index in [-0.39, 0.29) is 17.6 Å². The zero-order chi connectivity index (χ0) is 16.6. The third kappa shape index (κ3) is 3.34. The zero-order valence-corrected chi connectivity index (χ0v) is 15.0. The van der Waals surface area contributed by atoms with Crippen LogP contribution in [0, 0.1) is 5.92 Å². The van der Waals surface area contributed by atoms with Gasteiger partial charge >= 0.3 is 0 Å². The number of thiophene rings is 1. The summed E-state index contributed by atoms with van der Waals surface area (Å²) >= 11 is 1.69. The summed E-state index contributed by atoms with van der Waals surface area (Å²) in [5.41, 5.74) is 1.24. The van der Waals surface area contributed by atoms with Gasteiger partial charge in [0.15, 0.2) is 0 Å². The minimum atomic E-state index is -0.0182. The van der Waals surface area contributed by atoms with E-state index in [0.717, 1.165) is 29.5 Å². The Kier molecular flexibility index (Phi) is 4.85. The lowest BCUT2D eigenvalue weighted by Crippen LogP contribution is -2.34. The molecule has 0 unspecified atom stereocenters. The second-order valence-corrected chi connectivity index (χ2v) is 7.81. The molecule has 2 aromatic rings. The maximum Gasteiger partial charge on any atom is 0.259 e.